The second-order valence-electron chi connectivity index (χ2n) is 5.45. The molecule has 2 aromatic rings. The predicted octanol–water partition coefficient (Wildman–Crippen LogP) is 3.13. The van der Waals surface area contributed by atoms with Crippen molar-refractivity contribution in [1.29, 1.82) is 0 Å². The van der Waals surface area contributed by atoms with Crippen molar-refractivity contribution in [1.82, 2.24) is 9.55 Å². The standard InChI is InChI=1S/C15H18FN3O/c1-9(2)19-8-18-7-13(19)15-6-12(17)11-5-10(16)3-4-14(11)20-15/h3-5,7-9,12,15H,6,17H2,1-2H3/t12-,15?/m1/s1. The summed E-state index contributed by atoms with van der Waals surface area (Å²) in [6.45, 7) is 4.19. The second-order valence-corrected chi connectivity index (χ2v) is 5.45. The van der Waals surface area contributed by atoms with E-state index in [4.69, 9.17) is 10.5 Å². The van der Waals surface area contributed by atoms with Crippen molar-refractivity contribution in [2.75, 3.05) is 0 Å². The molecular formula is C15H18FN3O. The first-order chi connectivity index (χ1) is 9.56. The smallest absolute Gasteiger partial charge is 0.142 e. The molecule has 5 heteroatoms. The van der Waals surface area contributed by atoms with Gasteiger partial charge in [0.15, 0.2) is 0 Å². The van der Waals surface area contributed by atoms with E-state index in [0.717, 1.165) is 11.3 Å². The Bertz CT molecular complexity index is 623. The minimum Gasteiger partial charge on any atom is -0.484 e. The Kier molecular flexibility index (Phi) is 3.22. The molecule has 0 radical (unpaired) electrons. The normalized spacial score (nSPS) is 21.6. The monoisotopic (exact) mass is 275 g/mol. The fraction of sp³-hybridized carbons (Fsp3) is 0.400. The van der Waals surface area contributed by atoms with Crippen molar-refractivity contribution in [3.63, 3.8) is 0 Å². The summed E-state index contributed by atoms with van der Waals surface area (Å²) < 4.78 is 21.3. The summed E-state index contributed by atoms with van der Waals surface area (Å²) in [6, 6.07) is 4.58. The van der Waals surface area contributed by atoms with Crippen LogP contribution in [0.2, 0.25) is 0 Å². The summed E-state index contributed by atoms with van der Waals surface area (Å²) in [5.74, 6) is 0.375. The van der Waals surface area contributed by atoms with Crippen LogP contribution in [0.1, 0.15) is 49.7 Å². The molecule has 1 unspecified atom stereocenters. The Labute approximate surface area is 117 Å². The van der Waals surface area contributed by atoms with E-state index in [2.05, 4.69) is 23.4 Å². The molecule has 106 valence electrons. The zero-order valence-corrected chi connectivity index (χ0v) is 11.6. The number of ether oxygens (including phenoxy) is 1. The third kappa shape index (κ3) is 2.18. The highest BCUT2D eigenvalue weighted by molar-refractivity contribution is 5.39. The Morgan fingerprint density at radius 2 is 2.25 bits per heavy atom. The minimum atomic E-state index is -0.284. The predicted molar refractivity (Wildman–Crippen MR) is 73.9 cm³/mol. The molecule has 1 aromatic carbocycles. The molecule has 20 heavy (non-hydrogen) atoms. The summed E-state index contributed by atoms with van der Waals surface area (Å²) in [4.78, 5) is 4.20. The van der Waals surface area contributed by atoms with Gasteiger partial charge in [0.2, 0.25) is 0 Å². The molecule has 0 spiro atoms. The lowest BCUT2D eigenvalue weighted by atomic mass is 9.96. The Morgan fingerprint density at radius 1 is 1.45 bits per heavy atom. The van der Waals surface area contributed by atoms with Crippen LogP contribution in [0, 0.1) is 5.82 Å². The van der Waals surface area contributed by atoms with Gasteiger partial charge in [-0.1, -0.05) is 0 Å². The molecule has 0 saturated heterocycles. The van der Waals surface area contributed by atoms with Gasteiger partial charge in [0.1, 0.15) is 17.7 Å². The number of fused-ring (bicyclic) bond motifs is 1. The molecular weight excluding hydrogens is 257 g/mol. The summed E-state index contributed by atoms with van der Waals surface area (Å²) in [5.41, 5.74) is 7.90. The number of nitrogens with two attached hydrogens (primary N) is 1. The van der Waals surface area contributed by atoms with Crippen LogP contribution in [0.3, 0.4) is 0 Å². The molecule has 1 aromatic heterocycles. The first-order valence-electron chi connectivity index (χ1n) is 6.79. The molecule has 0 bridgehead atoms. The van der Waals surface area contributed by atoms with Gasteiger partial charge < -0.3 is 15.0 Å². The number of hydrogen-bond donors (Lipinski definition) is 1. The first kappa shape index (κ1) is 13.1. The van der Waals surface area contributed by atoms with Crippen LogP contribution >= 0.6 is 0 Å². The number of rotatable bonds is 2. The van der Waals surface area contributed by atoms with Crippen molar-refractivity contribution in [3.05, 3.63) is 47.8 Å². The number of aromatic nitrogens is 2. The van der Waals surface area contributed by atoms with Crippen molar-refractivity contribution in [2.24, 2.45) is 5.73 Å². The average molecular weight is 275 g/mol. The minimum absolute atomic E-state index is 0.145. The largest absolute Gasteiger partial charge is 0.484 e. The van der Waals surface area contributed by atoms with Crippen molar-refractivity contribution in [2.45, 2.75) is 38.5 Å². The van der Waals surface area contributed by atoms with Crippen LogP contribution in [-0.2, 0) is 0 Å². The lowest BCUT2D eigenvalue weighted by molar-refractivity contribution is 0.151. The third-order valence-corrected chi connectivity index (χ3v) is 3.69. The number of benzene rings is 1. The van der Waals surface area contributed by atoms with Gasteiger partial charge in [0.05, 0.1) is 18.2 Å². The van der Waals surface area contributed by atoms with E-state index in [-0.39, 0.29) is 18.0 Å². The maximum absolute atomic E-state index is 13.3. The van der Waals surface area contributed by atoms with Gasteiger partial charge in [0, 0.05) is 24.1 Å². The van der Waals surface area contributed by atoms with Gasteiger partial charge in [-0.3, -0.25) is 0 Å². The molecule has 1 aliphatic rings. The molecule has 0 amide bonds. The average Bonchev–Trinajstić information content (AvgIpc) is 2.89. The van der Waals surface area contributed by atoms with E-state index >= 15 is 0 Å². The maximum Gasteiger partial charge on any atom is 0.142 e. The van der Waals surface area contributed by atoms with Crippen LogP contribution in [0.4, 0.5) is 4.39 Å². The van der Waals surface area contributed by atoms with Gasteiger partial charge in [0.25, 0.3) is 0 Å². The highest BCUT2D eigenvalue weighted by Gasteiger charge is 2.29. The lowest BCUT2D eigenvalue weighted by Crippen LogP contribution is -2.26. The van der Waals surface area contributed by atoms with Crippen molar-refractivity contribution in [3.8, 4) is 5.75 Å². The number of hydrogen-bond acceptors (Lipinski definition) is 3. The highest BCUT2D eigenvalue weighted by Crippen LogP contribution is 2.40. The van der Waals surface area contributed by atoms with Gasteiger partial charge in [-0.25, -0.2) is 9.37 Å². The second kappa shape index (κ2) is 4.90. The van der Waals surface area contributed by atoms with Gasteiger partial charge >= 0.3 is 0 Å². The summed E-state index contributed by atoms with van der Waals surface area (Å²) in [5, 5.41) is 0. The quantitative estimate of drug-likeness (QED) is 0.916. The topological polar surface area (TPSA) is 53.1 Å². The molecule has 0 aliphatic carbocycles. The number of nitrogens with zero attached hydrogens (tertiary/aromatic N) is 2. The molecule has 4 nitrogen and oxygen atoms in total. The van der Waals surface area contributed by atoms with E-state index < -0.39 is 0 Å². The van der Waals surface area contributed by atoms with Gasteiger partial charge in [-0.05, 0) is 32.0 Å². The van der Waals surface area contributed by atoms with Gasteiger partial charge in [-0.15, -0.1) is 0 Å². The highest BCUT2D eigenvalue weighted by atomic mass is 19.1. The van der Waals surface area contributed by atoms with E-state index in [1.807, 2.05) is 6.20 Å². The fourth-order valence-corrected chi connectivity index (χ4v) is 2.65. The van der Waals surface area contributed by atoms with E-state index in [1.165, 1.54) is 12.1 Å². The molecule has 2 atom stereocenters. The zero-order valence-electron chi connectivity index (χ0n) is 11.6. The van der Waals surface area contributed by atoms with Crippen LogP contribution < -0.4 is 10.5 Å². The van der Waals surface area contributed by atoms with E-state index in [1.54, 1.807) is 12.4 Å². The Balaban J connectivity index is 1.95. The molecule has 2 heterocycles. The maximum atomic E-state index is 13.3. The van der Waals surface area contributed by atoms with Crippen LogP contribution in [-0.4, -0.2) is 9.55 Å². The Morgan fingerprint density at radius 3 is 3.00 bits per heavy atom. The fourth-order valence-electron chi connectivity index (χ4n) is 2.65. The molecule has 2 N–H and O–H groups in total. The van der Waals surface area contributed by atoms with Crippen molar-refractivity contribution < 1.29 is 9.13 Å². The Hall–Kier alpha value is -1.88. The first-order valence-corrected chi connectivity index (χ1v) is 6.79. The zero-order chi connectivity index (χ0) is 14.3. The molecule has 1 aliphatic heterocycles. The van der Waals surface area contributed by atoms with E-state index in [9.17, 15) is 4.39 Å². The number of halogens is 1. The molecule has 0 fully saturated rings. The van der Waals surface area contributed by atoms with E-state index in [0.29, 0.717) is 18.2 Å². The summed E-state index contributed by atoms with van der Waals surface area (Å²) in [6.07, 6.45) is 4.09. The molecule has 0 saturated carbocycles. The third-order valence-electron chi connectivity index (χ3n) is 3.69. The lowest BCUT2D eigenvalue weighted by Gasteiger charge is -2.31. The van der Waals surface area contributed by atoms with Crippen LogP contribution in [0.15, 0.2) is 30.7 Å². The van der Waals surface area contributed by atoms with Gasteiger partial charge in [-0.2, -0.15) is 0 Å². The summed E-state index contributed by atoms with van der Waals surface area (Å²) >= 11 is 0. The SMILES string of the molecule is CC(C)n1cncc1C1C[C@@H](N)c2cc(F)ccc2O1. The number of imidazole rings is 1. The van der Waals surface area contributed by atoms with Crippen LogP contribution in [0.5, 0.6) is 5.75 Å². The van der Waals surface area contributed by atoms with Crippen molar-refractivity contribution >= 4 is 0 Å². The van der Waals surface area contributed by atoms with Crippen LogP contribution in [0.25, 0.3) is 0 Å². The molecule has 3 rings (SSSR count). The summed E-state index contributed by atoms with van der Waals surface area (Å²) in [7, 11) is 0.